The zero-order chi connectivity index (χ0) is 18.4. The lowest BCUT2D eigenvalue weighted by molar-refractivity contribution is -0.132. The molecule has 1 amide bonds. The van der Waals surface area contributed by atoms with Crippen molar-refractivity contribution in [3.05, 3.63) is 66.0 Å². The van der Waals surface area contributed by atoms with Crippen molar-refractivity contribution in [1.82, 2.24) is 9.80 Å². The van der Waals surface area contributed by atoms with Crippen LogP contribution in [0.1, 0.15) is 12.5 Å². The molecule has 0 saturated carbocycles. The van der Waals surface area contributed by atoms with Crippen LogP contribution in [0.25, 0.3) is 0 Å². The van der Waals surface area contributed by atoms with Crippen molar-refractivity contribution in [2.45, 2.75) is 13.5 Å². The standard InChI is InChI=1S/C21H26FN3O/c1-2-23(16-18-8-4-3-5-9-18)17-21(26)25-14-12-24(13-15-25)20-11-7-6-10-19(20)22/h3-11H,2,12-17H2,1H3. The fraction of sp³-hybridized carbons (Fsp3) is 0.381. The van der Waals surface area contributed by atoms with Gasteiger partial charge in [0.2, 0.25) is 5.91 Å². The number of carbonyl (C=O) groups is 1. The molecule has 2 aromatic rings. The molecule has 3 rings (SSSR count). The van der Waals surface area contributed by atoms with Crippen LogP contribution in [0.2, 0.25) is 0 Å². The lowest BCUT2D eigenvalue weighted by Crippen LogP contribution is -2.51. The number of hydrogen-bond acceptors (Lipinski definition) is 3. The van der Waals surface area contributed by atoms with Gasteiger partial charge in [-0.2, -0.15) is 0 Å². The van der Waals surface area contributed by atoms with Gasteiger partial charge in [0.05, 0.1) is 12.2 Å². The van der Waals surface area contributed by atoms with Crippen molar-refractivity contribution in [1.29, 1.82) is 0 Å². The van der Waals surface area contributed by atoms with Crippen molar-refractivity contribution in [3.63, 3.8) is 0 Å². The van der Waals surface area contributed by atoms with Crippen LogP contribution in [0.3, 0.4) is 0 Å². The van der Waals surface area contributed by atoms with E-state index in [1.165, 1.54) is 11.6 Å². The monoisotopic (exact) mass is 355 g/mol. The highest BCUT2D eigenvalue weighted by Crippen LogP contribution is 2.20. The van der Waals surface area contributed by atoms with E-state index in [0.717, 1.165) is 13.1 Å². The zero-order valence-corrected chi connectivity index (χ0v) is 15.3. The van der Waals surface area contributed by atoms with Gasteiger partial charge in [-0.15, -0.1) is 0 Å². The average Bonchev–Trinajstić information content (AvgIpc) is 2.69. The molecular formula is C21H26FN3O. The molecule has 1 heterocycles. The van der Waals surface area contributed by atoms with E-state index in [2.05, 4.69) is 24.0 Å². The molecule has 1 aliphatic rings. The van der Waals surface area contributed by atoms with Crippen LogP contribution in [0.4, 0.5) is 10.1 Å². The second kappa shape index (κ2) is 8.81. The average molecular weight is 355 g/mol. The fourth-order valence-corrected chi connectivity index (χ4v) is 3.32. The van der Waals surface area contributed by atoms with Gasteiger partial charge in [0.25, 0.3) is 0 Å². The fourth-order valence-electron chi connectivity index (χ4n) is 3.32. The summed E-state index contributed by atoms with van der Waals surface area (Å²) in [6.45, 7) is 6.70. The smallest absolute Gasteiger partial charge is 0.236 e. The number of piperazine rings is 1. The predicted octanol–water partition coefficient (Wildman–Crippen LogP) is 3.00. The molecule has 5 heteroatoms. The number of benzene rings is 2. The molecule has 0 aromatic heterocycles. The molecule has 4 nitrogen and oxygen atoms in total. The van der Waals surface area contributed by atoms with Gasteiger partial charge in [0.15, 0.2) is 0 Å². The number of rotatable bonds is 6. The Morgan fingerprint density at radius 2 is 1.65 bits per heavy atom. The summed E-state index contributed by atoms with van der Waals surface area (Å²) in [5.41, 5.74) is 1.84. The van der Waals surface area contributed by atoms with Crippen LogP contribution in [-0.2, 0) is 11.3 Å². The van der Waals surface area contributed by atoms with Gasteiger partial charge in [-0.05, 0) is 24.2 Å². The van der Waals surface area contributed by atoms with Crippen LogP contribution >= 0.6 is 0 Å². The van der Waals surface area contributed by atoms with Gasteiger partial charge in [0.1, 0.15) is 5.82 Å². The molecule has 0 bridgehead atoms. The summed E-state index contributed by atoms with van der Waals surface area (Å²) in [5.74, 6) is -0.0525. The second-order valence-corrected chi connectivity index (χ2v) is 6.61. The van der Waals surface area contributed by atoms with Gasteiger partial charge < -0.3 is 9.80 Å². The van der Waals surface area contributed by atoms with Crippen LogP contribution in [-0.4, -0.2) is 55.0 Å². The Morgan fingerprint density at radius 1 is 1.00 bits per heavy atom. The summed E-state index contributed by atoms with van der Waals surface area (Å²) in [4.78, 5) is 18.7. The lowest BCUT2D eigenvalue weighted by atomic mass is 10.2. The van der Waals surface area contributed by atoms with E-state index >= 15 is 0 Å². The molecule has 0 unspecified atom stereocenters. The Balaban J connectivity index is 1.52. The van der Waals surface area contributed by atoms with Crippen molar-refractivity contribution in [3.8, 4) is 0 Å². The van der Waals surface area contributed by atoms with E-state index < -0.39 is 0 Å². The Hall–Kier alpha value is -2.40. The molecule has 138 valence electrons. The van der Waals surface area contributed by atoms with Crippen molar-refractivity contribution in [2.24, 2.45) is 0 Å². The lowest BCUT2D eigenvalue weighted by Gasteiger charge is -2.37. The molecule has 0 atom stereocenters. The van der Waals surface area contributed by atoms with Crippen molar-refractivity contribution in [2.75, 3.05) is 44.2 Å². The maximum atomic E-state index is 13.9. The summed E-state index contributed by atoms with van der Waals surface area (Å²) in [5, 5.41) is 0. The van der Waals surface area contributed by atoms with E-state index in [1.54, 1.807) is 12.1 Å². The minimum atomic E-state index is -0.202. The Labute approximate surface area is 154 Å². The zero-order valence-electron chi connectivity index (χ0n) is 15.3. The predicted molar refractivity (Wildman–Crippen MR) is 103 cm³/mol. The van der Waals surface area contributed by atoms with Crippen molar-refractivity contribution >= 4 is 11.6 Å². The second-order valence-electron chi connectivity index (χ2n) is 6.61. The molecule has 0 N–H and O–H groups in total. The summed E-state index contributed by atoms with van der Waals surface area (Å²) in [6.07, 6.45) is 0. The van der Waals surface area contributed by atoms with Gasteiger partial charge in [-0.3, -0.25) is 9.69 Å². The number of para-hydroxylation sites is 1. The number of anilines is 1. The minimum Gasteiger partial charge on any atom is -0.366 e. The third kappa shape index (κ3) is 4.61. The SMILES string of the molecule is CCN(CC(=O)N1CCN(c2ccccc2F)CC1)Cc1ccccc1. The number of likely N-dealkylation sites (N-methyl/N-ethyl adjacent to an activating group) is 1. The first-order chi connectivity index (χ1) is 12.7. The molecule has 0 spiro atoms. The minimum absolute atomic E-state index is 0.149. The molecule has 0 aliphatic carbocycles. The van der Waals surface area contributed by atoms with Crippen LogP contribution in [0.15, 0.2) is 54.6 Å². The summed E-state index contributed by atoms with van der Waals surface area (Å²) >= 11 is 0. The molecule has 26 heavy (non-hydrogen) atoms. The van der Waals surface area contributed by atoms with Crippen LogP contribution in [0, 0.1) is 5.82 Å². The molecule has 2 aromatic carbocycles. The highest BCUT2D eigenvalue weighted by atomic mass is 19.1. The van der Waals surface area contributed by atoms with Gasteiger partial charge >= 0.3 is 0 Å². The first-order valence-corrected chi connectivity index (χ1v) is 9.21. The first-order valence-electron chi connectivity index (χ1n) is 9.21. The summed E-state index contributed by atoms with van der Waals surface area (Å²) in [6, 6.07) is 17.0. The molecule has 1 aliphatic heterocycles. The molecule has 1 fully saturated rings. The van der Waals surface area contributed by atoms with Gasteiger partial charge in [-0.1, -0.05) is 49.4 Å². The Kier molecular flexibility index (Phi) is 6.23. The van der Waals surface area contributed by atoms with E-state index in [9.17, 15) is 9.18 Å². The number of halogens is 1. The summed E-state index contributed by atoms with van der Waals surface area (Å²) in [7, 11) is 0. The Morgan fingerprint density at radius 3 is 2.31 bits per heavy atom. The van der Waals surface area contributed by atoms with E-state index in [0.29, 0.717) is 38.4 Å². The van der Waals surface area contributed by atoms with Crippen LogP contribution < -0.4 is 4.90 Å². The number of carbonyl (C=O) groups excluding carboxylic acids is 1. The normalized spacial score (nSPS) is 14.7. The number of amides is 1. The Bertz CT molecular complexity index is 714. The van der Waals surface area contributed by atoms with E-state index in [4.69, 9.17) is 0 Å². The van der Waals surface area contributed by atoms with Gasteiger partial charge in [0, 0.05) is 32.7 Å². The summed E-state index contributed by atoms with van der Waals surface area (Å²) < 4.78 is 13.9. The number of hydrogen-bond donors (Lipinski definition) is 0. The van der Waals surface area contributed by atoms with E-state index in [1.807, 2.05) is 34.1 Å². The molecule has 1 saturated heterocycles. The maximum Gasteiger partial charge on any atom is 0.236 e. The first kappa shape index (κ1) is 18.4. The highest BCUT2D eigenvalue weighted by molar-refractivity contribution is 5.78. The highest BCUT2D eigenvalue weighted by Gasteiger charge is 2.23. The van der Waals surface area contributed by atoms with E-state index in [-0.39, 0.29) is 11.7 Å². The largest absolute Gasteiger partial charge is 0.366 e. The number of nitrogens with zero attached hydrogens (tertiary/aromatic N) is 3. The topological polar surface area (TPSA) is 26.8 Å². The molecular weight excluding hydrogens is 329 g/mol. The third-order valence-electron chi connectivity index (χ3n) is 4.88. The van der Waals surface area contributed by atoms with Crippen molar-refractivity contribution < 1.29 is 9.18 Å². The quantitative estimate of drug-likeness (QED) is 0.797. The van der Waals surface area contributed by atoms with Gasteiger partial charge in [-0.25, -0.2) is 4.39 Å². The maximum absolute atomic E-state index is 13.9. The third-order valence-corrected chi connectivity index (χ3v) is 4.88. The molecule has 0 radical (unpaired) electrons. The van der Waals surface area contributed by atoms with Crippen LogP contribution in [0.5, 0.6) is 0 Å².